The van der Waals surface area contributed by atoms with E-state index in [2.05, 4.69) is 51.0 Å². The maximum absolute atomic E-state index is 11.5. The molecule has 3 N–H and O–H groups in total. The molecule has 3 aromatic rings. The van der Waals surface area contributed by atoms with Crippen LogP contribution in [0.2, 0.25) is 5.15 Å². The number of benzene rings is 1. The molecule has 0 spiro atoms. The van der Waals surface area contributed by atoms with E-state index in [1.807, 2.05) is 43.4 Å². The summed E-state index contributed by atoms with van der Waals surface area (Å²) in [5.74, 6) is 2.29. The molecule has 2 heterocycles. The minimum atomic E-state index is -0.223. The quantitative estimate of drug-likeness (QED) is 0.182. The van der Waals surface area contributed by atoms with E-state index in [-0.39, 0.29) is 11.9 Å². The molecule has 0 fully saturated rings. The van der Waals surface area contributed by atoms with Crippen molar-refractivity contribution in [3.8, 4) is 23.5 Å². The summed E-state index contributed by atoms with van der Waals surface area (Å²) < 4.78 is 1.04. The van der Waals surface area contributed by atoms with Gasteiger partial charge in [-0.2, -0.15) is 0 Å². The van der Waals surface area contributed by atoms with Gasteiger partial charge in [0.2, 0.25) is 0 Å². The van der Waals surface area contributed by atoms with Gasteiger partial charge in [0, 0.05) is 0 Å². The van der Waals surface area contributed by atoms with Crippen molar-refractivity contribution >= 4 is 68.8 Å². The Morgan fingerprint density at radius 2 is 1.94 bits per heavy atom. The summed E-state index contributed by atoms with van der Waals surface area (Å²) in [6.45, 7) is 8.82. The van der Waals surface area contributed by atoms with Gasteiger partial charge in [0.25, 0.3) is 0 Å². The summed E-state index contributed by atoms with van der Waals surface area (Å²) in [4.78, 5) is 24.9. The van der Waals surface area contributed by atoms with E-state index < -0.39 is 0 Å². The molecule has 0 unspecified atom stereocenters. The second-order valence-electron chi connectivity index (χ2n) is 6.52. The average molecular weight is 668 g/mol. The molecule has 3 radical (unpaired) electrons. The van der Waals surface area contributed by atoms with E-state index in [4.69, 9.17) is 11.6 Å². The number of aromatic nitrogens is 3. The van der Waals surface area contributed by atoms with Gasteiger partial charge in [-0.15, -0.1) is 12.3 Å². The zero-order valence-corrected chi connectivity index (χ0v) is 24.3. The number of hydrogen-bond acceptors (Lipinski definition) is 5. The van der Waals surface area contributed by atoms with Crippen molar-refractivity contribution in [1.29, 1.82) is 0 Å². The number of nitrogens with one attached hydrogen (secondary N) is 1. The smallest absolute Gasteiger partial charge is 0.0195 e. The van der Waals surface area contributed by atoms with E-state index in [0.717, 1.165) is 56.5 Å². The zero-order valence-electron chi connectivity index (χ0n) is 19.7. The van der Waals surface area contributed by atoms with Crippen molar-refractivity contribution in [3.05, 3.63) is 72.2 Å². The first kappa shape index (κ1) is 29.2. The first-order valence-corrected chi connectivity index (χ1v) is 12.5. The summed E-state index contributed by atoms with van der Waals surface area (Å²) in [6.07, 6.45) is 13.8. The summed E-state index contributed by atoms with van der Waals surface area (Å²) in [7, 11) is 1.50. The number of pyridine rings is 1. The maximum Gasteiger partial charge on any atom is -0.0195 e. The predicted molar refractivity (Wildman–Crippen MR) is 145 cm³/mol. The van der Waals surface area contributed by atoms with Gasteiger partial charge >= 0.3 is 191 Å². The van der Waals surface area contributed by atoms with Gasteiger partial charge < -0.3 is 5.73 Å². The van der Waals surface area contributed by atoms with Gasteiger partial charge in [0.05, 0.1) is 0 Å². The van der Waals surface area contributed by atoms with Crippen LogP contribution in [0.5, 0.6) is 0 Å². The van der Waals surface area contributed by atoms with Crippen molar-refractivity contribution in [1.82, 2.24) is 15.0 Å². The Kier molecular flexibility index (Phi) is 13.0. The molecule has 3 rings (SSSR count). The standard InChI is InChI=1S/C22H18ClN4O.C3H4.CH5N.Pb/c1-4-6-15(7-5-2)21-18-12-16(17-9-11-20(23)24-13-17)8-10-19(18)26-22(27-21)25-14(3)28;1-3-2;1-2;/h4-10,12-13H,1H2,2-3H3,(H,25,26,27,28);1H,2H3;2H2,1H3;/b7-5-,15-6+;;;. The van der Waals surface area contributed by atoms with Crippen LogP contribution >= 0.6 is 11.6 Å². The molecule has 1 amide bonds. The average Bonchev–Trinajstić information content (AvgIpc) is 2.81. The minimum absolute atomic E-state index is 0.223. The number of terminal acetylenes is 1. The number of carbonyl (C=O) groups is 1. The molecule has 6 nitrogen and oxygen atoms in total. The third-order valence-corrected chi connectivity index (χ3v) is 6.47. The van der Waals surface area contributed by atoms with Crippen LogP contribution in [0.1, 0.15) is 26.5 Å². The number of nitrogens with zero attached hydrogens (tertiary/aromatic N) is 3. The van der Waals surface area contributed by atoms with E-state index in [1.165, 1.54) is 14.0 Å². The number of fused-ring (bicyclic) bond motifs is 1. The molecule has 8 heteroatoms. The first-order chi connectivity index (χ1) is 16.3. The second-order valence-corrected chi connectivity index (χ2v) is 8.97. The van der Waals surface area contributed by atoms with Crippen molar-refractivity contribution in [2.75, 3.05) is 12.4 Å². The van der Waals surface area contributed by atoms with Gasteiger partial charge in [-0.25, -0.2) is 0 Å². The zero-order chi connectivity index (χ0) is 25.7. The van der Waals surface area contributed by atoms with Crippen molar-refractivity contribution < 1.29 is 4.79 Å². The van der Waals surface area contributed by atoms with Crippen LogP contribution in [0, 0.1) is 12.3 Å². The SMILES string of the molecule is C#CC.C=C/C=C(\C=C/C)c1nc(NC(C)=O)nc2ccc(-c3cnc(Cl)[c]([Pb])c3)cc12.CN. The minimum Gasteiger partial charge on any atom is -0.333 e. The third-order valence-electron chi connectivity index (χ3n) is 4.07. The van der Waals surface area contributed by atoms with Gasteiger partial charge in [-0.05, 0) is 14.0 Å². The summed E-state index contributed by atoms with van der Waals surface area (Å²) in [5.41, 5.74) is 8.80. The van der Waals surface area contributed by atoms with Crippen LogP contribution in [0.3, 0.4) is 0 Å². The van der Waals surface area contributed by atoms with Gasteiger partial charge in [0.15, 0.2) is 0 Å². The Hall–Kier alpha value is -2.87. The van der Waals surface area contributed by atoms with Crippen LogP contribution in [0.4, 0.5) is 5.95 Å². The summed E-state index contributed by atoms with van der Waals surface area (Å²) in [6, 6.07) is 7.99. The molecule has 0 atom stereocenters. The maximum atomic E-state index is 11.5. The second kappa shape index (κ2) is 15.1. The molecule has 0 aliphatic carbocycles. The number of hydrogen-bond donors (Lipinski definition) is 2. The molecule has 0 aliphatic heterocycles. The van der Waals surface area contributed by atoms with Gasteiger partial charge in [0.1, 0.15) is 0 Å². The van der Waals surface area contributed by atoms with E-state index in [1.54, 1.807) is 19.2 Å². The van der Waals surface area contributed by atoms with Crippen LogP contribution in [0.25, 0.3) is 27.6 Å². The fraction of sp³-hybridized carbons (Fsp3) is 0.154. The Labute approximate surface area is 222 Å². The topological polar surface area (TPSA) is 93.8 Å². The fourth-order valence-electron chi connectivity index (χ4n) is 2.87. The number of carbonyl (C=O) groups excluding carboxylic acids is 1. The van der Waals surface area contributed by atoms with E-state index in [0.29, 0.717) is 10.8 Å². The van der Waals surface area contributed by atoms with Crippen molar-refractivity contribution in [2.45, 2.75) is 20.8 Å². The van der Waals surface area contributed by atoms with Crippen molar-refractivity contribution in [2.24, 2.45) is 5.73 Å². The van der Waals surface area contributed by atoms with Crippen LogP contribution < -0.4 is 14.2 Å². The predicted octanol–water partition coefficient (Wildman–Crippen LogP) is 4.46. The summed E-state index contributed by atoms with van der Waals surface area (Å²) in [5, 5.41) is 4.10. The van der Waals surface area contributed by atoms with Gasteiger partial charge in [-0.3, -0.25) is 0 Å². The number of nitrogens with two attached hydrogens (primary N) is 1. The number of rotatable bonds is 5. The monoisotopic (exact) mass is 668 g/mol. The first-order valence-electron chi connectivity index (χ1n) is 10.2. The van der Waals surface area contributed by atoms with Crippen LogP contribution in [0.15, 0.2) is 61.3 Å². The third kappa shape index (κ3) is 8.17. The largest absolute Gasteiger partial charge is 0.333 e. The van der Waals surface area contributed by atoms with Crippen LogP contribution in [-0.4, -0.2) is 53.7 Å². The molecule has 0 saturated heterocycles. The van der Waals surface area contributed by atoms with E-state index >= 15 is 0 Å². The Bertz CT molecular complexity index is 1260. The van der Waals surface area contributed by atoms with Crippen LogP contribution in [-0.2, 0) is 4.79 Å². The number of anilines is 1. The normalized spacial score (nSPS) is 10.5. The molecular weight excluding hydrogens is 641 g/mol. The summed E-state index contributed by atoms with van der Waals surface area (Å²) >= 11 is 6.92. The van der Waals surface area contributed by atoms with Crippen molar-refractivity contribution in [3.63, 3.8) is 0 Å². The molecule has 0 saturated carbocycles. The molecule has 2 aromatic heterocycles. The molecular formula is C26H27ClN5OPb. The molecule has 0 bridgehead atoms. The molecule has 173 valence electrons. The molecule has 0 aliphatic rings. The molecule has 34 heavy (non-hydrogen) atoms. The number of halogens is 1. The van der Waals surface area contributed by atoms with E-state index in [9.17, 15) is 4.79 Å². The van der Waals surface area contributed by atoms with Gasteiger partial charge in [-0.1, -0.05) is 0 Å². The Morgan fingerprint density at radius 1 is 1.26 bits per heavy atom. The number of allylic oxidation sites excluding steroid dienone is 5. The molecule has 1 aromatic carbocycles. The Balaban J connectivity index is 0.00000107. The number of amides is 1. The Morgan fingerprint density at radius 3 is 2.50 bits per heavy atom. The fourth-order valence-corrected chi connectivity index (χ4v) is 3.83.